The Morgan fingerprint density at radius 1 is 1.10 bits per heavy atom. The van der Waals surface area contributed by atoms with Crippen molar-refractivity contribution in [3.05, 3.63) is 64.9 Å². The first-order valence-corrected chi connectivity index (χ1v) is 6.52. The highest BCUT2D eigenvalue weighted by Crippen LogP contribution is 2.19. The molecule has 0 saturated heterocycles. The summed E-state index contributed by atoms with van der Waals surface area (Å²) in [5.74, 6) is -1.51. The summed E-state index contributed by atoms with van der Waals surface area (Å²) in [5, 5.41) is 5.10. The summed E-state index contributed by atoms with van der Waals surface area (Å²) in [5.41, 5.74) is 0.417. The maximum absolute atomic E-state index is 13.4. The maximum atomic E-state index is 13.4. The minimum absolute atomic E-state index is 0.0264. The van der Waals surface area contributed by atoms with Gasteiger partial charge >= 0.3 is 0 Å². The highest BCUT2D eigenvalue weighted by atomic mass is 35.5. The van der Waals surface area contributed by atoms with Crippen LogP contribution in [0, 0.1) is 5.82 Å². The molecule has 2 rings (SSSR count). The predicted octanol–water partition coefficient (Wildman–Crippen LogP) is 2.85. The van der Waals surface area contributed by atoms with Gasteiger partial charge in [-0.05, 0) is 30.3 Å². The standard InChI is InChI=1S/C15H12ClFN2O2/c16-11-6-7-12(17)13(8-11)19-14(20)9-18-15(21)10-4-2-1-3-5-10/h1-8H,9H2,(H,18,21)(H,19,20). The Balaban J connectivity index is 1.91. The number of hydrogen-bond donors (Lipinski definition) is 2. The number of nitrogens with one attached hydrogen (secondary N) is 2. The fraction of sp³-hybridized carbons (Fsp3) is 0.0667. The van der Waals surface area contributed by atoms with Crippen molar-refractivity contribution in [1.82, 2.24) is 5.32 Å². The van der Waals surface area contributed by atoms with Crippen LogP contribution >= 0.6 is 11.6 Å². The average molecular weight is 307 g/mol. The van der Waals surface area contributed by atoms with Gasteiger partial charge in [-0.25, -0.2) is 4.39 Å². The number of halogens is 2. The molecule has 0 aliphatic rings. The molecule has 0 radical (unpaired) electrons. The Kier molecular flexibility index (Phi) is 4.90. The largest absolute Gasteiger partial charge is 0.343 e. The number of anilines is 1. The molecule has 0 saturated carbocycles. The summed E-state index contributed by atoms with van der Waals surface area (Å²) in [6.45, 7) is -0.264. The van der Waals surface area contributed by atoms with E-state index in [-0.39, 0.29) is 18.1 Å². The second kappa shape index (κ2) is 6.85. The number of hydrogen-bond acceptors (Lipinski definition) is 2. The lowest BCUT2D eigenvalue weighted by Crippen LogP contribution is -2.33. The van der Waals surface area contributed by atoms with Crippen LogP contribution in [0.3, 0.4) is 0 Å². The van der Waals surface area contributed by atoms with Crippen molar-refractivity contribution < 1.29 is 14.0 Å². The highest BCUT2D eigenvalue weighted by molar-refractivity contribution is 6.30. The zero-order chi connectivity index (χ0) is 15.2. The van der Waals surface area contributed by atoms with Crippen LogP contribution < -0.4 is 10.6 Å². The second-order valence-electron chi connectivity index (χ2n) is 4.22. The number of carbonyl (C=O) groups excluding carboxylic acids is 2. The number of amides is 2. The Morgan fingerprint density at radius 2 is 1.81 bits per heavy atom. The number of rotatable bonds is 4. The van der Waals surface area contributed by atoms with Crippen molar-refractivity contribution in [2.75, 3.05) is 11.9 Å². The third-order valence-corrected chi connectivity index (χ3v) is 2.88. The van der Waals surface area contributed by atoms with E-state index in [2.05, 4.69) is 10.6 Å². The molecule has 0 fully saturated rings. The number of carbonyl (C=O) groups is 2. The lowest BCUT2D eigenvalue weighted by atomic mass is 10.2. The zero-order valence-corrected chi connectivity index (χ0v) is 11.7. The van der Waals surface area contributed by atoms with E-state index in [0.717, 1.165) is 6.07 Å². The molecular weight excluding hydrogens is 295 g/mol. The molecule has 21 heavy (non-hydrogen) atoms. The highest BCUT2D eigenvalue weighted by Gasteiger charge is 2.10. The van der Waals surface area contributed by atoms with Gasteiger partial charge in [0.2, 0.25) is 5.91 Å². The Bertz CT molecular complexity index is 662. The van der Waals surface area contributed by atoms with Gasteiger partial charge in [-0.3, -0.25) is 9.59 Å². The third kappa shape index (κ3) is 4.29. The summed E-state index contributed by atoms with van der Waals surface area (Å²) in [4.78, 5) is 23.4. The van der Waals surface area contributed by atoms with Gasteiger partial charge in [0.05, 0.1) is 12.2 Å². The zero-order valence-electron chi connectivity index (χ0n) is 10.9. The van der Waals surface area contributed by atoms with E-state index in [0.29, 0.717) is 10.6 Å². The van der Waals surface area contributed by atoms with Crippen molar-refractivity contribution >= 4 is 29.1 Å². The van der Waals surface area contributed by atoms with Crippen LogP contribution in [-0.2, 0) is 4.79 Å². The van der Waals surface area contributed by atoms with Gasteiger partial charge < -0.3 is 10.6 Å². The van der Waals surface area contributed by atoms with Crippen LogP contribution in [0.25, 0.3) is 0 Å². The minimum atomic E-state index is -0.595. The van der Waals surface area contributed by atoms with Gasteiger partial charge in [0.25, 0.3) is 5.91 Å². The fourth-order valence-electron chi connectivity index (χ4n) is 1.64. The summed E-state index contributed by atoms with van der Waals surface area (Å²) in [6.07, 6.45) is 0. The molecule has 4 nitrogen and oxygen atoms in total. The molecule has 0 bridgehead atoms. The first-order chi connectivity index (χ1) is 10.1. The molecular formula is C15H12ClFN2O2. The second-order valence-corrected chi connectivity index (χ2v) is 4.66. The van der Waals surface area contributed by atoms with E-state index in [1.54, 1.807) is 30.3 Å². The van der Waals surface area contributed by atoms with Crippen LogP contribution in [0.15, 0.2) is 48.5 Å². The molecule has 0 unspecified atom stereocenters. The quantitative estimate of drug-likeness (QED) is 0.912. The topological polar surface area (TPSA) is 58.2 Å². The molecule has 0 heterocycles. The molecule has 108 valence electrons. The van der Waals surface area contributed by atoms with E-state index in [1.165, 1.54) is 12.1 Å². The Morgan fingerprint density at radius 3 is 2.52 bits per heavy atom. The third-order valence-electron chi connectivity index (χ3n) is 2.65. The molecule has 6 heteroatoms. The lowest BCUT2D eigenvalue weighted by molar-refractivity contribution is -0.115. The Labute approximate surface area is 125 Å². The molecule has 0 aliphatic heterocycles. The monoisotopic (exact) mass is 306 g/mol. The maximum Gasteiger partial charge on any atom is 0.251 e. The van der Waals surface area contributed by atoms with Gasteiger partial charge in [-0.2, -0.15) is 0 Å². The van der Waals surface area contributed by atoms with Gasteiger partial charge in [0.1, 0.15) is 5.82 Å². The summed E-state index contributed by atoms with van der Waals surface area (Å²) in [6, 6.07) is 12.3. The van der Waals surface area contributed by atoms with E-state index in [9.17, 15) is 14.0 Å². The van der Waals surface area contributed by atoms with Crippen LogP contribution in [0.1, 0.15) is 10.4 Å². The average Bonchev–Trinajstić information content (AvgIpc) is 2.49. The SMILES string of the molecule is O=C(CNC(=O)c1ccccc1)Nc1cc(Cl)ccc1F. The molecule has 2 aromatic carbocycles. The van der Waals surface area contributed by atoms with Gasteiger partial charge in [-0.15, -0.1) is 0 Å². The van der Waals surface area contributed by atoms with Crippen molar-refractivity contribution in [2.45, 2.75) is 0 Å². The molecule has 2 aromatic rings. The molecule has 0 aliphatic carbocycles. The molecule has 2 N–H and O–H groups in total. The first kappa shape index (κ1) is 15.0. The predicted molar refractivity (Wildman–Crippen MR) is 78.8 cm³/mol. The summed E-state index contributed by atoms with van der Waals surface area (Å²) >= 11 is 5.72. The summed E-state index contributed by atoms with van der Waals surface area (Å²) in [7, 11) is 0. The van der Waals surface area contributed by atoms with Gasteiger partial charge in [-0.1, -0.05) is 29.8 Å². The molecule has 2 amide bonds. The minimum Gasteiger partial charge on any atom is -0.343 e. The van der Waals surface area contributed by atoms with Crippen molar-refractivity contribution in [1.29, 1.82) is 0 Å². The van der Waals surface area contributed by atoms with Crippen molar-refractivity contribution in [3.63, 3.8) is 0 Å². The van der Waals surface area contributed by atoms with Gasteiger partial charge in [0.15, 0.2) is 0 Å². The number of benzene rings is 2. The van der Waals surface area contributed by atoms with E-state index in [4.69, 9.17) is 11.6 Å². The Hall–Kier alpha value is -2.40. The molecule has 0 atom stereocenters. The van der Waals surface area contributed by atoms with E-state index < -0.39 is 11.7 Å². The van der Waals surface area contributed by atoms with Crippen LogP contribution in [-0.4, -0.2) is 18.4 Å². The van der Waals surface area contributed by atoms with Crippen LogP contribution in [0.2, 0.25) is 5.02 Å². The fourth-order valence-corrected chi connectivity index (χ4v) is 1.81. The smallest absolute Gasteiger partial charge is 0.251 e. The normalized spacial score (nSPS) is 10.0. The first-order valence-electron chi connectivity index (χ1n) is 6.14. The van der Waals surface area contributed by atoms with Crippen LogP contribution in [0.5, 0.6) is 0 Å². The molecule has 0 spiro atoms. The lowest BCUT2D eigenvalue weighted by Gasteiger charge is -2.08. The van der Waals surface area contributed by atoms with Crippen molar-refractivity contribution in [2.24, 2.45) is 0 Å². The van der Waals surface area contributed by atoms with Gasteiger partial charge in [0, 0.05) is 10.6 Å². The van der Waals surface area contributed by atoms with Crippen LogP contribution in [0.4, 0.5) is 10.1 Å². The summed E-state index contributed by atoms with van der Waals surface area (Å²) < 4.78 is 13.4. The molecule has 0 aromatic heterocycles. The van der Waals surface area contributed by atoms with E-state index in [1.807, 2.05) is 0 Å². The van der Waals surface area contributed by atoms with E-state index >= 15 is 0 Å². The van der Waals surface area contributed by atoms with Crippen molar-refractivity contribution in [3.8, 4) is 0 Å².